The van der Waals surface area contributed by atoms with E-state index in [0.717, 1.165) is 30.0 Å². The van der Waals surface area contributed by atoms with Crippen LogP contribution in [-0.2, 0) is 0 Å². The normalized spacial score (nSPS) is 10.7. The third kappa shape index (κ3) is 2.35. The Labute approximate surface area is 118 Å². The molecule has 2 aromatic carbocycles. The van der Waals surface area contributed by atoms with E-state index in [1.54, 1.807) is 12.4 Å². The zero-order valence-electron chi connectivity index (χ0n) is 11.5. The molecule has 0 bridgehead atoms. The SMILES string of the molecule is CCCNc1nccnc1-c1cccc2ccccc12. The van der Waals surface area contributed by atoms with Crippen LogP contribution in [-0.4, -0.2) is 16.5 Å². The summed E-state index contributed by atoms with van der Waals surface area (Å²) in [5.41, 5.74) is 2.03. The Morgan fingerprint density at radius 2 is 1.75 bits per heavy atom. The van der Waals surface area contributed by atoms with Crippen LogP contribution in [0.25, 0.3) is 22.0 Å². The second-order valence-corrected chi connectivity index (χ2v) is 4.71. The number of benzene rings is 2. The Hall–Kier alpha value is -2.42. The summed E-state index contributed by atoms with van der Waals surface area (Å²) in [4.78, 5) is 8.95. The lowest BCUT2D eigenvalue weighted by atomic mass is 10.0. The predicted octanol–water partition coefficient (Wildman–Crippen LogP) is 4.12. The first-order chi connectivity index (χ1) is 9.90. The molecule has 100 valence electrons. The van der Waals surface area contributed by atoms with Gasteiger partial charge in [0.2, 0.25) is 0 Å². The molecule has 3 heteroatoms. The minimum absolute atomic E-state index is 0.853. The number of nitrogens with one attached hydrogen (secondary N) is 1. The molecule has 3 aromatic rings. The maximum Gasteiger partial charge on any atom is 0.152 e. The van der Waals surface area contributed by atoms with Gasteiger partial charge in [-0.05, 0) is 17.2 Å². The van der Waals surface area contributed by atoms with E-state index in [0.29, 0.717) is 0 Å². The van der Waals surface area contributed by atoms with Gasteiger partial charge in [0.05, 0.1) is 0 Å². The molecule has 20 heavy (non-hydrogen) atoms. The summed E-state index contributed by atoms with van der Waals surface area (Å²) in [6, 6.07) is 14.6. The van der Waals surface area contributed by atoms with E-state index in [4.69, 9.17) is 0 Å². The molecule has 0 spiro atoms. The summed E-state index contributed by atoms with van der Waals surface area (Å²) >= 11 is 0. The van der Waals surface area contributed by atoms with Gasteiger partial charge in [-0.25, -0.2) is 4.98 Å². The van der Waals surface area contributed by atoms with Crippen LogP contribution in [0.5, 0.6) is 0 Å². The molecule has 0 fully saturated rings. The summed E-state index contributed by atoms with van der Waals surface area (Å²) in [6.45, 7) is 3.04. The van der Waals surface area contributed by atoms with Crippen LogP contribution in [0.4, 0.5) is 5.82 Å². The van der Waals surface area contributed by atoms with Crippen molar-refractivity contribution in [1.82, 2.24) is 9.97 Å². The fourth-order valence-electron chi connectivity index (χ4n) is 2.34. The number of rotatable bonds is 4. The molecule has 0 radical (unpaired) electrons. The Bertz CT molecular complexity index is 717. The maximum atomic E-state index is 4.53. The zero-order valence-corrected chi connectivity index (χ0v) is 11.5. The quantitative estimate of drug-likeness (QED) is 0.769. The average Bonchev–Trinajstić information content (AvgIpc) is 2.53. The van der Waals surface area contributed by atoms with E-state index in [9.17, 15) is 0 Å². The third-order valence-electron chi connectivity index (χ3n) is 3.29. The molecule has 0 atom stereocenters. The van der Waals surface area contributed by atoms with Gasteiger partial charge in [-0.15, -0.1) is 0 Å². The number of nitrogens with zero attached hydrogens (tertiary/aromatic N) is 2. The topological polar surface area (TPSA) is 37.8 Å². The van der Waals surface area contributed by atoms with Crippen LogP contribution in [0.15, 0.2) is 54.9 Å². The van der Waals surface area contributed by atoms with Crippen molar-refractivity contribution in [2.24, 2.45) is 0 Å². The summed E-state index contributed by atoms with van der Waals surface area (Å²) in [5.74, 6) is 0.853. The summed E-state index contributed by atoms with van der Waals surface area (Å²) in [5, 5.41) is 5.78. The van der Waals surface area contributed by atoms with Crippen LogP contribution in [0.3, 0.4) is 0 Å². The van der Waals surface area contributed by atoms with Crippen molar-refractivity contribution in [2.45, 2.75) is 13.3 Å². The monoisotopic (exact) mass is 263 g/mol. The van der Waals surface area contributed by atoms with Crippen LogP contribution in [0, 0.1) is 0 Å². The Balaban J connectivity index is 2.16. The van der Waals surface area contributed by atoms with Gasteiger partial charge in [-0.1, -0.05) is 49.4 Å². The second-order valence-electron chi connectivity index (χ2n) is 4.71. The molecule has 0 amide bonds. The molecule has 0 aliphatic rings. The van der Waals surface area contributed by atoms with Gasteiger partial charge in [0.1, 0.15) is 5.69 Å². The van der Waals surface area contributed by atoms with E-state index in [1.165, 1.54) is 10.8 Å². The highest BCUT2D eigenvalue weighted by Crippen LogP contribution is 2.30. The van der Waals surface area contributed by atoms with Crippen molar-refractivity contribution in [3.05, 3.63) is 54.9 Å². The summed E-state index contributed by atoms with van der Waals surface area (Å²) < 4.78 is 0. The smallest absolute Gasteiger partial charge is 0.152 e. The van der Waals surface area contributed by atoms with Crippen molar-refractivity contribution in [1.29, 1.82) is 0 Å². The van der Waals surface area contributed by atoms with Gasteiger partial charge in [-0.2, -0.15) is 0 Å². The molecule has 3 nitrogen and oxygen atoms in total. The van der Waals surface area contributed by atoms with Gasteiger partial charge in [0, 0.05) is 24.5 Å². The minimum atomic E-state index is 0.853. The molecule has 0 saturated carbocycles. The number of fused-ring (bicyclic) bond motifs is 1. The van der Waals surface area contributed by atoms with Gasteiger partial charge in [0.25, 0.3) is 0 Å². The van der Waals surface area contributed by atoms with Crippen molar-refractivity contribution < 1.29 is 0 Å². The first-order valence-electron chi connectivity index (χ1n) is 6.93. The van der Waals surface area contributed by atoms with Crippen LogP contribution >= 0.6 is 0 Å². The molecular formula is C17H17N3. The van der Waals surface area contributed by atoms with Gasteiger partial charge in [0.15, 0.2) is 5.82 Å². The zero-order chi connectivity index (χ0) is 13.8. The lowest BCUT2D eigenvalue weighted by Crippen LogP contribution is -2.04. The third-order valence-corrected chi connectivity index (χ3v) is 3.29. The van der Waals surface area contributed by atoms with E-state index in [-0.39, 0.29) is 0 Å². The molecule has 1 aromatic heterocycles. The highest BCUT2D eigenvalue weighted by atomic mass is 15.0. The van der Waals surface area contributed by atoms with E-state index in [1.807, 2.05) is 0 Å². The lowest BCUT2D eigenvalue weighted by Gasteiger charge is -2.11. The predicted molar refractivity (Wildman–Crippen MR) is 83.8 cm³/mol. The van der Waals surface area contributed by atoms with Gasteiger partial charge >= 0.3 is 0 Å². The number of hydrogen-bond acceptors (Lipinski definition) is 3. The van der Waals surface area contributed by atoms with Crippen molar-refractivity contribution in [3.8, 4) is 11.3 Å². The molecule has 0 saturated heterocycles. The molecule has 3 rings (SSSR count). The number of anilines is 1. The van der Waals surface area contributed by atoms with Crippen molar-refractivity contribution >= 4 is 16.6 Å². The Morgan fingerprint density at radius 3 is 2.65 bits per heavy atom. The minimum Gasteiger partial charge on any atom is -0.368 e. The molecule has 0 aliphatic carbocycles. The number of hydrogen-bond donors (Lipinski definition) is 1. The molecule has 0 unspecified atom stereocenters. The van der Waals surface area contributed by atoms with E-state index < -0.39 is 0 Å². The largest absolute Gasteiger partial charge is 0.368 e. The molecule has 1 heterocycles. The average molecular weight is 263 g/mol. The maximum absolute atomic E-state index is 4.53. The first kappa shape index (κ1) is 12.6. The standard InChI is InChI=1S/C17H17N3/c1-2-10-19-17-16(18-11-12-20-17)15-9-5-7-13-6-3-4-8-14(13)15/h3-9,11-12H,2,10H2,1H3,(H,19,20). The van der Waals surface area contributed by atoms with Crippen LogP contribution in [0.2, 0.25) is 0 Å². The molecule has 1 N–H and O–H groups in total. The van der Waals surface area contributed by atoms with E-state index in [2.05, 4.69) is 64.7 Å². The van der Waals surface area contributed by atoms with Crippen LogP contribution in [0.1, 0.15) is 13.3 Å². The van der Waals surface area contributed by atoms with Crippen molar-refractivity contribution in [2.75, 3.05) is 11.9 Å². The fraction of sp³-hybridized carbons (Fsp3) is 0.176. The molecular weight excluding hydrogens is 246 g/mol. The Morgan fingerprint density at radius 1 is 0.950 bits per heavy atom. The second kappa shape index (κ2) is 5.70. The van der Waals surface area contributed by atoms with Crippen molar-refractivity contribution in [3.63, 3.8) is 0 Å². The van der Waals surface area contributed by atoms with Gasteiger partial charge in [-0.3, -0.25) is 4.98 Å². The first-order valence-corrected chi connectivity index (χ1v) is 6.93. The van der Waals surface area contributed by atoms with E-state index >= 15 is 0 Å². The van der Waals surface area contributed by atoms with Crippen LogP contribution < -0.4 is 5.32 Å². The Kier molecular flexibility index (Phi) is 3.59. The molecule has 0 aliphatic heterocycles. The fourth-order valence-corrected chi connectivity index (χ4v) is 2.34. The highest BCUT2D eigenvalue weighted by molar-refractivity contribution is 5.97. The lowest BCUT2D eigenvalue weighted by molar-refractivity contribution is 0.966. The number of aromatic nitrogens is 2. The summed E-state index contributed by atoms with van der Waals surface area (Å²) in [6.07, 6.45) is 4.53. The van der Waals surface area contributed by atoms with Gasteiger partial charge < -0.3 is 5.32 Å². The summed E-state index contributed by atoms with van der Waals surface area (Å²) in [7, 11) is 0. The highest BCUT2D eigenvalue weighted by Gasteiger charge is 2.10.